The predicted octanol–water partition coefficient (Wildman–Crippen LogP) is 1.09. The summed E-state index contributed by atoms with van der Waals surface area (Å²) in [6, 6.07) is 3.64. The highest BCUT2D eigenvalue weighted by molar-refractivity contribution is 5.89. The molecule has 0 amide bonds. The number of carbonyl (C=O) groups is 1. The van der Waals surface area contributed by atoms with E-state index in [4.69, 9.17) is 4.74 Å². The summed E-state index contributed by atoms with van der Waals surface area (Å²) in [4.78, 5) is 17.9. The van der Waals surface area contributed by atoms with Crippen LogP contribution in [0.4, 0.5) is 5.82 Å². The molecule has 0 radical (unpaired) electrons. The highest BCUT2D eigenvalue weighted by Crippen LogP contribution is 2.12. The van der Waals surface area contributed by atoms with Crippen LogP contribution < -0.4 is 10.2 Å². The zero-order valence-electron chi connectivity index (χ0n) is 10.4. The van der Waals surface area contributed by atoms with Gasteiger partial charge in [0, 0.05) is 32.4 Å². The Morgan fingerprint density at radius 2 is 2.17 bits per heavy atom. The van der Waals surface area contributed by atoms with E-state index in [1.54, 1.807) is 19.2 Å². The Balaban J connectivity index is 0.00000162. The summed E-state index contributed by atoms with van der Waals surface area (Å²) in [6.07, 6.45) is 1.58. The largest absolute Gasteiger partial charge is 0.462 e. The van der Waals surface area contributed by atoms with Crippen LogP contribution in [0.1, 0.15) is 17.3 Å². The zero-order valence-corrected chi connectivity index (χ0v) is 11.2. The maximum absolute atomic E-state index is 11.4. The number of anilines is 1. The second kappa shape index (κ2) is 7.18. The van der Waals surface area contributed by atoms with Gasteiger partial charge in [0.05, 0.1) is 12.2 Å². The van der Waals surface area contributed by atoms with Crippen molar-refractivity contribution in [3.8, 4) is 0 Å². The van der Waals surface area contributed by atoms with Crippen LogP contribution in [0.25, 0.3) is 0 Å². The topological polar surface area (TPSA) is 54.5 Å². The highest BCUT2D eigenvalue weighted by Gasteiger charge is 2.12. The first kappa shape index (κ1) is 14.7. The minimum absolute atomic E-state index is 0. The first-order chi connectivity index (χ1) is 8.31. The van der Waals surface area contributed by atoms with Gasteiger partial charge >= 0.3 is 5.97 Å². The molecule has 2 rings (SSSR count). The second-order valence-electron chi connectivity index (χ2n) is 3.86. The maximum atomic E-state index is 11.4. The number of nitrogens with zero attached hydrogens (tertiary/aromatic N) is 2. The lowest BCUT2D eigenvalue weighted by molar-refractivity contribution is 0.0526. The summed E-state index contributed by atoms with van der Waals surface area (Å²) in [7, 11) is 0. The number of ether oxygens (including phenoxy) is 1. The minimum atomic E-state index is -0.313. The SMILES string of the molecule is CCOC(=O)c1ccc(N2CCNCC2)nc1.Cl. The molecule has 100 valence electrons. The first-order valence-electron chi connectivity index (χ1n) is 5.90. The molecule has 0 atom stereocenters. The second-order valence-corrected chi connectivity index (χ2v) is 3.86. The fourth-order valence-electron chi connectivity index (χ4n) is 1.80. The summed E-state index contributed by atoms with van der Waals surface area (Å²) < 4.78 is 4.91. The van der Waals surface area contributed by atoms with Crippen LogP contribution in [0.5, 0.6) is 0 Å². The lowest BCUT2D eigenvalue weighted by Gasteiger charge is -2.28. The molecule has 1 N–H and O–H groups in total. The average Bonchev–Trinajstić information content (AvgIpc) is 2.40. The summed E-state index contributed by atoms with van der Waals surface area (Å²) in [6.45, 7) is 6.03. The van der Waals surface area contributed by atoms with Gasteiger partial charge in [-0.2, -0.15) is 0 Å². The third-order valence-electron chi connectivity index (χ3n) is 2.70. The molecule has 2 heterocycles. The monoisotopic (exact) mass is 271 g/mol. The molecule has 6 heteroatoms. The number of carbonyl (C=O) groups excluding carboxylic acids is 1. The van der Waals surface area contributed by atoms with Crippen molar-refractivity contribution >= 4 is 24.2 Å². The molecule has 0 spiro atoms. The molecule has 1 aromatic heterocycles. The van der Waals surface area contributed by atoms with Crippen LogP contribution in [0, 0.1) is 0 Å². The van der Waals surface area contributed by atoms with E-state index in [1.807, 2.05) is 6.07 Å². The number of esters is 1. The number of halogens is 1. The number of nitrogens with one attached hydrogen (secondary N) is 1. The number of piperazine rings is 1. The van der Waals surface area contributed by atoms with Gasteiger partial charge < -0.3 is 15.0 Å². The summed E-state index contributed by atoms with van der Waals surface area (Å²) in [5.41, 5.74) is 0.505. The van der Waals surface area contributed by atoms with Crippen molar-refractivity contribution in [2.24, 2.45) is 0 Å². The zero-order chi connectivity index (χ0) is 12.1. The molecule has 0 saturated carbocycles. The van der Waals surface area contributed by atoms with Gasteiger partial charge in [-0.1, -0.05) is 0 Å². The van der Waals surface area contributed by atoms with Crippen molar-refractivity contribution in [2.75, 3.05) is 37.7 Å². The van der Waals surface area contributed by atoms with Crippen molar-refractivity contribution in [1.29, 1.82) is 0 Å². The van der Waals surface area contributed by atoms with Crippen molar-refractivity contribution in [1.82, 2.24) is 10.3 Å². The van der Waals surface area contributed by atoms with E-state index in [-0.39, 0.29) is 18.4 Å². The van der Waals surface area contributed by atoms with Gasteiger partial charge in [-0.05, 0) is 19.1 Å². The highest BCUT2D eigenvalue weighted by atomic mass is 35.5. The van der Waals surface area contributed by atoms with Crippen molar-refractivity contribution < 1.29 is 9.53 Å². The van der Waals surface area contributed by atoms with Gasteiger partial charge in [-0.15, -0.1) is 12.4 Å². The molecule has 5 nitrogen and oxygen atoms in total. The minimum Gasteiger partial charge on any atom is -0.462 e. The molecule has 0 aromatic carbocycles. The number of aromatic nitrogens is 1. The third-order valence-corrected chi connectivity index (χ3v) is 2.70. The Bertz CT molecular complexity index is 377. The van der Waals surface area contributed by atoms with Crippen LogP contribution in [0.15, 0.2) is 18.3 Å². The molecule has 0 unspecified atom stereocenters. The molecule has 0 aliphatic carbocycles. The fraction of sp³-hybridized carbons (Fsp3) is 0.500. The summed E-state index contributed by atoms with van der Waals surface area (Å²) in [5, 5.41) is 3.29. The normalized spacial score (nSPS) is 14.8. The molecule has 1 aliphatic heterocycles. The lowest BCUT2D eigenvalue weighted by Crippen LogP contribution is -2.43. The number of hydrogen-bond acceptors (Lipinski definition) is 5. The molecule has 1 aliphatic rings. The van der Waals surface area contributed by atoms with Crippen LogP contribution >= 0.6 is 12.4 Å². The quantitative estimate of drug-likeness (QED) is 0.834. The van der Waals surface area contributed by atoms with Crippen molar-refractivity contribution in [3.63, 3.8) is 0 Å². The van der Waals surface area contributed by atoms with E-state index in [1.165, 1.54) is 0 Å². The Labute approximate surface area is 113 Å². The number of rotatable bonds is 3. The van der Waals surface area contributed by atoms with Crippen molar-refractivity contribution in [3.05, 3.63) is 23.9 Å². The Hall–Kier alpha value is -1.33. The Kier molecular flexibility index (Phi) is 5.88. The Morgan fingerprint density at radius 3 is 2.72 bits per heavy atom. The first-order valence-corrected chi connectivity index (χ1v) is 5.90. The number of hydrogen-bond donors (Lipinski definition) is 1. The smallest absolute Gasteiger partial charge is 0.339 e. The standard InChI is InChI=1S/C12H17N3O2.ClH/c1-2-17-12(16)10-3-4-11(14-9-10)15-7-5-13-6-8-15;/h3-4,9,13H,2,5-8H2,1H3;1H. The van der Waals surface area contributed by atoms with Crippen LogP contribution in [0.2, 0.25) is 0 Å². The van der Waals surface area contributed by atoms with E-state index in [9.17, 15) is 4.79 Å². The molecule has 1 fully saturated rings. The van der Waals surface area contributed by atoms with E-state index in [2.05, 4.69) is 15.2 Å². The molecular formula is C12H18ClN3O2. The molecular weight excluding hydrogens is 254 g/mol. The Morgan fingerprint density at radius 1 is 1.44 bits per heavy atom. The van der Waals surface area contributed by atoms with E-state index in [0.717, 1.165) is 32.0 Å². The van der Waals surface area contributed by atoms with Crippen LogP contribution in [-0.4, -0.2) is 43.7 Å². The van der Waals surface area contributed by atoms with Gasteiger partial charge in [-0.3, -0.25) is 0 Å². The molecule has 1 aromatic rings. The summed E-state index contributed by atoms with van der Waals surface area (Å²) >= 11 is 0. The van der Waals surface area contributed by atoms with Crippen LogP contribution in [-0.2, 0) is 4.74 Å². The molecule has 18 heavy (non-hydrogen) atoms. The summed E-state index contributed by atoms with van der Waals surface area (Å²) in [5.74, 6) is 0.603. The van der Waals surface area contributed by atoms with E-state index < -0.39 is 0 Å². The van der Waals surface area contributed by atoms with Crippen molar-refractivity contribution in [2.45, 2.75) is 6.92 Å². The van der Waals surface area contributed by atoms with Gasteiger partial charge in [-0.25, -0.2) is 9.78 Å². The third kappa shape index (κ3) is 3.58. The molecule has 0 bridgehead atoms. The predicted molar refractivity (Wildman–Crippen MR) is 72.5 cm³/mol. The van der Waals surface area contributed by atoms with E-state index >= 15 is 0 Å². The maximum Gasteiger partial charge on any atom is 0.339 e. The van der Waals surface area contributed by atoms with Crippen LogP contribution in [0.3, 0.4) is 0 Å². The van der Waals surface area contributed by atoms with Gasteiger partial charge in [0.1, 0.15) is 5.82 Å². The van der Waals surface area contributed by atoms with Gasteiger partial charge in [0.15, 0.2) is 0 Å². The number of pyridine rings is 1. The van der Waals surface area contributed by atoms with Gasteiger partial charge in [0.2, 0.25) is 0 Å². The average molecular weight is 272 g/mol. The fourth-order valence-corrected chi connectivity index (χ4v) is 1.80. The molecule has 1 saturated heterocycles. The lowest BCUT2D eigenvalue weighted by atomic mass is 10.2. The van der Waals surface area contributed by atoms with E-state index in [0.29, 0.717) is 12.2 Å². The van der Waals surface area contributed by atoms with Gasteiger partial charge in [0.25, 0.3) is 0 Å².